The number of likely N-dealkylation sites (tertiary alicyclic amines) is 1. The van der Waals surface area contributed by atoms with Crippen LogP contribution in [-0.2, 0) is 9.59 Å². The van der Waals surface area contributed by atoms with Crippen LogP contribution in [0.15, 0.2) is 36.5 Å². The van der Waals surface area contributed by atoms with Crippen LogP contribution in [0.3, 0.4) is 0 Å². The van der Waals surface area contributed by atoms with Crippen molar-refractivity contribution >= 4 is 23.3 Å². The van der Waals surface area contributed by atoms with Crippen LogP contribution in [0.5, 0.6) is 0 Å². The first kappa shape index (κ1) is 16.0. The first-order valence-electron chi connectivity index (χ1n) is 8.01. The van der Waals surface area contributed by atoms with Crippen LogP contribution in [-0.4, -0.2) is 39.6 Å². The van der Waals surface area contributed by atoms with E-state index in [0.29, 0.717) is 37.4 Å². The number of hydrogen-bond acceptors (Lipinski definition) is 4. The van der Waals surface area contributed by atoms with E-state index < -0.39 is 0 Å². The van der Waals surface area contributed by atoms with Gasteiger partial charge >= 0.3 is 0 Å². The quantitative estimate of drug-likeness (QED) is 0.896. The fraction of sp³-hybridized carbons (Fsp3) is 0.353. The van der Waals surface area contributed by atoms with Crippen molar-refractivity contribution in [2.75, 3.05) is 24.1 Å². The lowest BCUT2D eigenvalue weighted by molar-refractivity contribution is -0.132. The summed E-state index contributed by atoms with van der Waals surface area (Å²) in [6.07, 6.45) is 3.00. The summed E-state index contributed by atoms with van der Waals surface area (Å²) in [5.74, 6) is 0.211. The van der Waals surface area contributed by atoms with Gasteiger partial charge in [0.15, 0.2) is 5.82 Å². The summed E-state index contributed by atoms with van der Waals surface area (Å²) in [5, 5.41) is 7.17. The Morgan fingerprint density at radius 1 is 1.21 bits per heavy atom. The molecule has 0 saturated carbocycles. The molecule has 2 amide bonds. The van der Waals surface area contributed by atoms with E-state index in [2.05, 4.69) is 10.4 Å². The molecule has 24 heavy (non-hydrogen) atoms. The maximum absolute atomic E-state index is 12.4. The Kier molecular flexibility index (Phi) is 4.50. The Labute approximate surface area is 140 Å². The predicted octanol–water partition coefficient (Wildman–Crippen LogP) is 1.65. The van der Waals surface area contributed by atoms with Crippen LogP contribution in [0, 0.1) is 5.92 Å². The number of nitrogens with two attached hydrogens (primary N) is 1. The molecule has 1 aromatic heterocycles. The minimum atomic E-state index is -0.123. The molecule has 3 N–H and O–H groups in total. The SMILES string of the molecule is CC(=O)N1CCC(C(=O)Nc2nn(-c3ccccc3)cc2N)CC1. The molecular formula is C17H21N5O2. The summed E-state index contributed by atoms with van der Waals surface area (Å²) in [6.45, 7) is 2.78. The number of amides is 2. The Balaban J connectivity index is 1.65. The summed E-state index contributed by atoms with van der Waals surface area (Å²) in [4.78, 5) is 25.5. The second-order valence-corrected chi connectivity index (χ2v) is 5.98. The second kappa shape index (κ2) is 6.74. The maximum atomic E-state index is 12.4. The van der Waals surface area contributed by atoms with Crippen molar-refractivity contribution in [2.24, 2.45) is 5.92 Å². The topological polar surface area (TPSA) is 93.2 Å². The number of carbonyl (C=O) groups excluding carboxylic acids is 2. The van der Waals surface area contributed by atoms with Crippen LogP contribution in [0.2, 0.25) is 0 Å². The third kappa shape index (κ3) is 3.40. The van der Waals surface area contributed by atoms with E-state index in [0.717, 1.165) is 5.69 Å². The number of nitrogen functional groups attached to an aromatic ring is 1. The lowest BCUT2D eigenvalue weighted by atomic mass is 9.96. The van der Waals surface area contributed by atoms with Crippen LogP contribution in [0.25, 0.3) is 5.69 Å². The van der Waals surface area contributed by atoms with E-state index in [-0.39, 0.29) is 17.7 Å². The van der Waals surface area contributed by atoms with Crippen molar-refractivity contribution in [3.05, 3.63) is 36.5 Å². The number of piperidine rings is 1. The molecule has 0 bridgehead atoms. The van der Waals surface area contributed by atoms with Crippen LogP contribution >= 0.6 is 0 Å². The molecule has 1 aliphatic heterocycles. The number of hydrogen-bond donors (Lipinski definition) is 2. The van der Waals surface area contributed by atoms with E-state index in [1.54, 1.807) is 22.7 Å². The van der Waals surface area contributed by atoms with Crippen LogP contribution in [0.1, 0.15) is 19.8 Å². The van der Waals surface area contributed by atoms with E-state index in [4.69, 9.17) is 5.73 Å². The highest BCUT2D eigenvalue weighted by Gasteiger charge is 2.26. The lowest BCUT2D eigenvalue weighted by Crippen LogP contribution is -2.40. The van der Waals surface area contributed by atoms with Gasteiger partial charge in [0.05, 0.1) is 17.6 Å². The van der Waals surface area contributed by atoms with Crippen molar-refractivity contribution in [3.8, 4) is 5.69 Å². The number of para-hydroxylation sites is 1. The molecule has 0 unspecified atom stereocenters. The molecule has 7 nitrogen and oxygen atoms in total. The van der Waals surface area contributed by atoms with Gasteiger partial charge in [-0.1, -0.05) is 18.2 Å². The molecule has 1 fully saturated rings. The van der Waals surface area contributed by atoms with Gasteiger partial charge in [-0.05, 0) is 25.0 Å². The minimum absolute atomic E-state index is 0.0553. The van der Waals surface area contributed by atoms with E-state index in [1.807, 2.05) is 30.3 Å². The Morgan fingerprint density at radius 2 is 1.88 bits per heavy atom. The van der Waals surface area contributed by atoms with Gasteiger partial charge in [0.2, 0.25) is 11.8 Å². The molecule has 2 aromatic rings. The first-order chi connectivity index (χ1) is 11.5. The maximum Gasteiger partial charge on any atom is 0.228 e. The Hall–Kier alpha value is -2.83. The zero-order valence-electron chi connectivity index (χ0n) is 13.6. The minimum Gasteiger partial charge on any atom is -0.394 e. The van der Waals surface area contributed by atoms with E-state index >= 15 is 0 Å². The Morgan fingerprint density at radius 3 is 2.50 bits per heavy atom. The number of carbonyl (C=O) groups is 2. The molecule has 2 heterocycles. The largest absolute Gasteiger partial charge is 0.394 e. The van der Waals surface area contributed by atoms with Crippen LogP contribution in [0.4, 0.5) is 11.5 Å². The average Bonchev–Trinajstić information content (AvgIpc) is 2.96. The second-order valence-electron chi connectivity index (χ2n) is 5.98. The van der Waals surface area contributed by atoms with Crippen LogP contribution < -0.4 is 11.1 Å². The van der Waals surface area contributed by atoms with E-state index in [9.17, 15) is 9.59 Å². The van der Waals surface area contributed by atoms with Crippen molar-refractivity contribution in [1.82, 2.24) is 14.7 Å². The van der Waals surface area contributed by atoms with Crippen molar-refractivity contribution in [1.29, 1.82) is 0 Å². The highest BCUT2D eigenvalue weighted by molar-refractivity contribution is 5.94. The molecule has 0 aliphatic carbocycles. The van der Waals surface area contributed by atoms with Gasteiger partial charge in [-0.25, -0.2) is 4.68 Å². The number of nitrogens with zero attached hydrogens (tertiary/aromatic N) is 3. The first-order valence-corrected chi connectivity index (χ1v) is 8.01. The van der Waals surface area contributed by atoms with Gasteiger partial charge in [0.25, 0.3) is 0 Å². The normalized spacial score (nSPS) is 15.3. The van der Waals surface area contributed by atoms with Crippen molar-refractivity contribution in [3.63, 3.8) is 0 Å². The highest BCUT2D eigenvalue weighted by Crippen LogP contribution is 2.22. The molecule has 0 spiro atoms. The molecular weight excluding hydrogens is 306 g/mol. The number of rotatable bonds is 3. The molecule has 0 atom stereocenters. The van der Waals surface area contributed by atoms with Gasteiger partial charge in [-0.2, -0.15) is 0 Å². The fourth-order valence-corrected chi connectivity index (χ4v) is 2.87. The van der Waals surface area contributed by atoms with Crippen molar-refractivity contribution < 1.29 is 9.59 Å². The lowest BCUT2D eigenvalue weighted by Gasteiger charge is -2.30. The molecule has 1 aliphatic rings. The monoisotopic (exact) mass is 327 g/mol. The molecule has 7 heteroatoms. The summed E-state index contributed by atoms with van der Waals surface area (Å²) in [7, 11) is 0. The summed E-state index contributed by atoms with van der Waals surface area (Å²) >= 11 is 0. The molecule has 126 valence electrons. The number of anilines is 2. The van der Waals surface area contributed by atoms with Gasteiger partial charge in [0, 0.05) is 25.9 Å². The molecule has 1 saturated heterocycles. The standard InChI is InChI=1S/C17H21N5O2/c1-12(23)21-9-7-13(8-10-21)17(24)19-16-15(18)11-22(20-16)14-5-3-2-4-6-14/h2-6,11,13H,7-10,18H2,1H3,(H,19,20,24). The summed E-state index contributed by atoms with van der Waals surface area (Å²) in [5.41, 5.74) is 7.27. The smallest absolute Gasteiger partial charge is 0.228 e. The average molecular weight is 327 g/mol. The third-order valence-corrected chi connectivity index (χ3v) is 4.32. The molecule has 1 aromatic carbocycles. The molecule has 0 radical (unpaired) electrons. The highest BCUT2D eigenvalue weighted by atomic mass is 16.2. The Bertz CT molecular complexity index is 733. The van der Waals surface area contributed by atoms with Crippen molar-refractivity contribution in [2.45, 2.75) is 19.8 Å². The zero-order chi connectivity index (χ0) is 17.1. The summed E-state index contributed by atoms with van der Waals surface area (Å²) in [6, 6.07) is 9.57. The molecule has 3 rings (SSSR count). The fourth-order valence-electron chi connectivity index (χ4n) is 2.87. The van der Waals surface area contributed by atoms with Gasteiger partial charge in [-0.3, -0.25) is 9.59 Å². The third-order valence-electron chi connectivity index (χ3n) is 4.32. The van der Waals surface area contributed by atoms with Gasteiger partial charge in [0.1, 0.15) is 0 Å². The zero-order valence-corrected chi connectivity index (χ0v) is 13.6. The number of benzene rings is 1. The number of nitrogens with one attached hydrogen (secondary N) is 1. The predicted molar refractivity (Wildman–Crippen MR) is 91.6 cm³/mol. The van der Waals surface area contributed by atoms with E-state index in [1.165, 1.54) is 0 Å². The van der Waals surface area contributed by atoms with Gasteiger partial charge in [-0.15, -0.1) is 5.10 Å². The summed E-state index contributed by atoms with van der Waals surface area (Å²) < 4.78 is 1.64. The van der Waals surface area contributed by atoms with Gasteiger partial charge < -0.3 is 16.0 Å². The number of aromatic nitrogens is 2.